The van der Waals surface area contributed by atoms with Gasteiger partial charge in [-0.15, -0.1) is 24.0 Å². The molecule has 0 aromatic carbocycles. The van der Waals surface area contributed by atoms with Crippen LogP contribution >= 0.6 is 24.0 Å². The Morgan fingerprint density at radius 1 is 1.31 bits per heavy atom. The van der Waals surface area contributed by atoms with E-state index in [2.05, 4.69) is 15.4 Å². The van der Waals surface area contributed by atoms with E-state index in [0.29, 0.717) is 39.3 Å². The Balaban J connectivity index is 0.00000338. The number of alkyl halides is 3. The van der Waals surface area contributed by atoms with Crippen LogP contribution in [0.3, 0.4) is 0 Å². The van der Waals surface area contributed by atoms with Crippen LogP contribution in [0.4, 0.5) is 13.2 Å². The molecule has 0 aliphatic carbocycles. The Morgan fingerprint density at radius 3 is 2.46 bits per heavy atom. The van der Waals surface area contributed by atoms with Crippen LogP contribution in [-0.2, 0) is 6.54 Å². The Morgan fingerprint density at radius 2 is 1.96 bits per heavy atom. The molecule has 1 aromatic rings. The maximum atomic E-state index is 12.8. The van der Waals surface area contributed by atoms with Crippen LogP contribution in [-0.4, -0.2) is 77.0 Å². The summed E-state index contributed by atoms with van der Waals surface area (Å²) in [5.41, 5.74) is 1.10. The number of aryl methyl sites for hydroxylation is 1. The van der Waals surface area contributed by atoms with Crippen molar-refractivity contribution >= 4 is 29.9 Å². The predicted molar refractivity (Wildman–Crippen MR) is 107 cm³/mol. The molecule has 1 aliphatic heterocycles. The second kappa shape index (κ2) is 10.3. The summed E-state index contributed by atoms with van der Waals surface area (Å²) in [4.78, 5) is 8.09. The zero-order chi connectivity index (χ0) is 18.4. The largest absolute Gasteiger partial charge is 0.403 e. The summed E-state index contributed by atoms with van der Waals surface area (Å²) < 4.78 is 40.4. The monoisotopic (exact) mass is 488 g/mol. The summed E-state index contributed by atoms with van der Waals surface area (Å²) in [5.74, 6) is 0.755. The summed E-state index contributed by atoms with van der Waals surface area (Å²) in [6.45, 7) is 8.98. The molecule has 0 radical (unpaired) electrons. The van der Waals surface area contributed by atoms with E-state index in [4.69, 9.17) is 0 Å². The molecule has 0 amide bonds. The van der Waals surface area contributed by atoms with Gasteiger partial charge in [-0.05, 0) is 26.3 Å². The van der Waals surface area contributed by atoms with Gasteiger partial charge in [0.2, 0.25) is 0 Å². The fourth-order valence-corrected chi connectivity index (χ4v) is 2.80. The number of nitrogens with one attached hydrogen (secondary N) is 1. The average molecular weight is 488 g/mol. The molecule has 0 bridgehead atoms. The lowest BCUT2D eigenvalue weighted by Gasteiger charge is -2.39. The number of rotatable bonds is 5. The first-order valence-electron chi connectivity index (χ1n) is 8.64. The lowest BCUT2D eigenvalue weighted by Crippen LogP contribution is -2.56. The van der Waals surface area contributed by atoms with E-state index < -0.39 is 12.2 Å². The van der Waals surface area contributed by atoms with Gasteiger partial charge in [0, 0.05) is 38.9 Å². The number of hydrogen-bond donors (Lipinski definition) is 1. The maximum absolute atomic E-state index is 12.8. The molecule has 10 heteroatoms. The zero-order valence-electron chi connectivity index (χ0n) is 15.5. The number of guanidine groups is 1. The first-order chi connectivity index (χ1) is 11.8. The summed E-state index contributed by atoms with van der Waals surface area (Å²) >= 11 is 0. The van der Waals surface area contributed by atoms with Gasteiger partial charge >= 0.3 is 6.18 Å². The fourth-order valence-electron chi connectivity index (χ4n) is 2.80. The second-order valence-corrected chi connectivity index (χ2v) is 6.26. The minimum absolute atomic E-state index is 0. The van der Waals surface area contributed by atoms with Crippen LogP contribution in [0.15, 0.2) is 17.4 Å². The third kappa shape index (κ3) is 6.60. The first kappa shape index (κ1) is 23.0. The molecule has 0 spiro atoms. The normalized spacial score (nSPS) is 17.8. The van der Waals surface area contributed by atoms with Crippen molar-refractivity contribution in [3.63, 3.8) is 0 Å². The standard InChI is InChI=1S/C16H27F3N6.HI/c1-4-20-15(21-5-6-25-12-13(2)11-22-25)24-9-7-23(8-10-24)14(3)16(17,18)19;/h11-12,14H,4-10H2,1-3H3,(H,20,21);1H. The van der Waals surface area contributed by atoms with Crippen LogP contribution < -0.4 is 5.32 Å². The highest BCUT2D eigenvalue weighted by atomic mass is 127. The van der Waals surface area contributed by atoms with Crippen molar-refractivity contribution in [2.45, 2.75) is 39.5 Å². The number of hydrogen-bond acceptors (Lipinski definition) is 3. The van der Waals surface area contributed by atoms with Gasteiger partial charge in [0.05, 0.1) is 19.3 Å². The number of aromatic nitrogens is 2. The van der Waals surface area contributed by atoms with Crippen LogP contribution in [0.1, 0.15) is 19.4 Å². The number of nitrogens with zero attached hydrogens (tertiary/aromatic N) is 5. The van der Waals surface area contributed by atoms with Gasteiger partial charge in [-0.25, -0.2) is 0 Å². The Labute approximate surface area is 169 Å². The summed E-state index contributed by atoms with van der Waals surface area (Å²) in [6, 6.07) is -1.41. The molecule has 1 atom stereocenters. The van der Waals surface area contributed by atoms with Gasteiger partial charge in [0.15, 0.2) is 5.96 Å². The second-order valence-electron chi connectivity index (χ2n) is 6.26. The highest BCUT2D eigenvalue weighted by molar-refractivity contribution is 14.0. The van der Waals surface area contributed by atoms with Crippen molar-refractivity contribution in [1.29, 1.82) is 0 Å². The fraction of sp³-hybridized carbons (Fsp3) is 0.750. The van der Waals surface area contributed by atoms with Crippen molar-refractivity contribution in [3.8, 4) is 0 Å². The molecule has 6 nitrogen and oxygen atoms in total. The first-order valence-corrected chi connectivity index (χ1v) is 8.64. The van der Waals surface area contributed by atoms with Gasteiger partial charge in [-0.2, -0.15) is 18.3 Å². The predicted octanol–water partition coefficient (Wildman–Crippen LogP) is 2.34. The van der Waals surface area contributed by atoms with Crippen LogP contribution in [0.2, 0.25) is 0 Å². The van der Waals surface area contributed by atoms with Gasteiger partial charge in [-0.3, -0.25) is 14.6 Å². The van der Waals surface area contributed by atoms with Crippen LogP contribution in [0, 0.1) is 6.92 Å². The van der Waals surface area contributed by atoms with E-state index in [0.717, 1.165) is 18.1 Å². The van der Waals surface area contributed by atoms with Gasteiger partial charge in [0.1, 0.15) is 6.04 Å². The van der Waals surface area contributed by atoms with Crippen molar-refractivity contribution in [3.05, 3.63) is 18.0 Å². The molecular formula is C16H28F3IN6. The molecule has 1 N–H and O–H groups in total. The van der Waals surface area contributed by atoms with E-state index >= 15 is 0 Å². The van der Waals surface area contributed by atoms with E-state index in [1.54, 1.807) is 6.20 Å². The Hall–Kier alpha value is -1.04. The average Bonchev–Trinajstić information content (AvgIpc) is 2.98. The number of halogens is 4. The van der Waals surface area contributed by atoms with Crippen molar-refractivity contribution in [2.75, 3.05) is 39.3 Å². The molecule has 1 saturated heterocycles. The Bertz CT molecular complexity index is 567. The molecule has 1 aliphatic rings. The maximum Gasteiger partial charge on any atom is 0.403 e. The summed E-state index contributed by atoms with van der Waals surface area (Å²) in [7, 11) is 0. The molecule has 2 heterocycles. The van der Waals surface area contributed by atoms with E-state index in [1.165, 1.54) is 11.8 Å². The van der Waals surface area contributed by atoms with E-state index in [1.807, 2.05) is 29.6 Å². The van der Waals surface area contributed by atoms with Crippen LogP contribution in [0.5, 0.6) is 0 Å². The topological polar surface area (TPSA) is 48.7 Å². The highest BCUT2D eigenvalue weighted by Gasteiger charge is 2.41. The molecular weight excluding hydrogens is 460 g/mol. The van der Waals surface area contributed by atoms with Crippen molar-refractivity contribution < 1.29 is 13.2 Å². The van der Waals surface area contributed by atoms with Crippen LogP contribution in [0.25, 0.3) is 0 Å². The summed E-state index contributed by atoms with van der Waals surface area (Å²) in [5, 5.41) is 7.45. The quantitative estimate of drug-likeness (QED) is 0.393. The molecule has 2 rings (SSSR count). The lowest BCUT2D eigenvalue weighted by molar-refractivity contribution is -0.181. The van der Waals surface area contributed by atoms with Crippen molar-refractivity contribution in [2.24, 2.45) is 4.99 Å². The highest BCUT2D eigenvalue weighted by Crippen LogP contribution is 2.25. The molecule has 1 fully saturated rings. The van der Waals surface area contributed by atoms with Gasteiger partial charge < -0.3 is 10.2 Å². The molecule has 150 valence electrons. The van der Waals surface area contributed by atoms with E-state index in [-0.39, 0.29) is 24.0 Å². The Kier molecular flexibility index (Phi) is 9.14. The molecule has 1 aromatic heterocycles. The minimum Gasteiger partial charge on any atom is -0.357 e. The molecule has 1 unspecified atom stereocenters. The minimum atomic E-state index is -4.18. The SMILES string of the molecule is CCNC(=NCCn1cc(C)cn1)N1CCN(C(C)C(F)(F)F)CC1.I. The van der Waals surface area contributed by atoms with Gasteiger partial charge in [0.25, 0.3) is 0 Å². The summed E-state index contributed by atoms with van der Waals surface area (Å²) in [6.07, 6.45) is -0.418. The number of aliphatic imine (C=N–C) groups is 1. The lowest BCUT2D eigenvalue weighted by atomic mass is 10.2. The third-order valence-corrected chi connectivity index (χ3v) is 4.32. The van der Waals surface area contributed by atoms with Gasteiger partial charge in [-0.1, -0.05) is 0 Å². The zero-order valence-corrected chi connectivity index (χ0v) is 17.8. The molecule has 26 heavy (non-hydrogen) atoms. The number of piperazine rings is 1. The third-order valence-electron chi connectivity index (χ3n) is 4.32. The van der Waals surface area contributed by atoms with E-state index in [9.17, 15) is 13.2 Å². The molecule has 0 saturated carbocycles. The van der Waals surface area contributed by atoms with Crippen molar-refractivity contribution in [1.82, 2.24) is 24.9 Å². The smallest absolute Gasteiger partial charge is 0.357 e.